The Bertz CT molecular complexity index is 1330. The molecule has 0 atom stereocenters. The zero-order valence-corrected chi connectivity index (χ0v) is 17.0. The summed E-state index contributed by atoms with van der Waals surface area (Å²) in [6.07, 6.45) is 1.43. The molecule has 2 aromatic heterocycles. The average Bonchev–Trinajstić information content (AvgIpc) is 3.01. The molecule has 0 amide bonds. The molecule has 31 heavy (non-hydrogen) atoms. The van der Waals surface area contributed by atoms with Crippen LogP contribution in [0.3, 0.4) is 0 Å². The Morgan fingerprint density at radius 1 is 1.19 bits per heavy atom. The van der Waals surface area contributed by atoms with Crippen molar-refractivity contribution in [3.8, 4) is 5.75 Å². The van der Waals surface area contributed by atoms with Crippen LogP contribution in [-0.2, 0) is 6.54 Å². The van der Waals surface area contributed by atoms with Crippen LogP contribution < -0.4 is 5.84 Å². The van der Waals surface area contributed by atoms with E-state index in [4.69, 9.17) is 5.84 Å². The molecule has 4 rings (SSSR count). The number of aryl methyl sites for hydroxylation is 1. The maximum absolute atomic E-state index is 11.3. The lowest BCUT2D eigenvalue weighted by atomic mass is 10.0. The van der Waals surface area contributed by atoms with Crippen molar-refractivity contribution >= 4 is 22.4 Å². The van der Waals surface area contributed by atoms with E-state index in [0.717, 1.165) is 27.9 Å². The lowest BCUT2D eigenvalue weighted by Gasteiger charge is -2.09. The molecule has 0 unspecified atom stereocenters. The zero-order chi connectivity index (χ0) is 22.1. The van der Waals surface area contributed by atoms with E-state index >= 15 is 0 Å². The molecule has 0 spiro atoms. The minimum absolute atomic E-state index is 0.274. The molecule has 0 aliphatic heterocycles. The Hall–Kier alpha value is -4.27. The lowest BCUT2D eigenvalue weighted by Crippen LogP contribution is -2.11. The van der Waals surface area contributed by atoms with Crippen molar-refractivity contribution in [3.63, 3.8) is 0 Å². The highest BCUT2D eigenvalue weighted by Gasteiger charge is 2.23. The maximum atomic E-state index is 11.3. The largest absolute Gasteiger partial charge is 0.502 e. The number of hydrazone groups is 1. The van der Waals surface area contributed by atoms with E-state index in [9.17, 15) is 15.2 Å². The molecule has 156 valence electrons. The van der Waals surface area contributed by atoms with Gasteiger partial charge in [-0.2, -0.15) is 5.10 Å². The van der Waals surface area contributed by atoms with Crippen molar-refractivity contribution in [2.24, 2.45) is 10.9 Å². The standard InChI is InChI=1S/C22H20N6O3/c1-13-14(2)27(11-15-6-4-3-5-7-15)22-19(13)21(24-12-25-22)20(26-23)16-8-9-18(29)17(10-16)28(30)31/h3-10,12,29H,11,23H2,1-2H3. The van der Waals surface area contributed by atoms with E-state index in [1.54, 1.807) is 0 Å². The van der Waals surface area contributed by atoms with Gasteiger partial charge in [-0.05, 0) is 37.1 Å². The number of nitrogens with zero attached hydrogens (tertiary/aromatic N) is 5. The van der Waals surface area contributed by atoms with Crippen LogP contribution in [0.1, 0.15) is 28.1 Å². The Morgan fingerprint density at radius 2 is 1.94 bits per heavy atom. The topological polar surface area (TPSA) is 132 Å². The lowest BCUT2D eigenvalue weighted by molar-refractivity contribution is -0.385. The van der Waals surface area contributed by atoms with Crippen molar-refractivity contribution in [2.75, 3.05) is 0 Å². The maximum Gasteiger partial charge on any atom is 0.311 e. The van der Waals surface area contributed by atoms with E-state index in [-0.39, 0.29) is 5.71 Å². The highest BCUT2D eigenvalue weighted by atomic mass is 16.6. The number of hydrogen-bond donors (Lipinski definition) is 2. The molecule has 3 N–H and O–H groups in total. The van der Waals surface area contributed by atoms with Gasteiger partial charge in [0.05, 0.1) is 10.3 Å². The van der Waals surface area contributed by atoms with E-state index in [1.165, 1.54) is 24.5 Å². The number of phenols is 1. The van der Waals surface area contributed by atoms with Crippen LogP contribution in [-0.4, -0.2) is 30.3 Å². The van der Waals surface area contributed by atoms with Gasteiger partial charge in [0, 0.05) is 23.9 Å². The summed E-state index contributed by atoms with van der Waals surface area (Å²) in [7, 11) is 0. The van der Waals surface area contributed by atoms with Gasteiger partial charge in [0.15, 0.2) is 5.75 Å². The highest BCUT2D eigenvalue weighted by molar-refractivity contribution is 6.18. The average molecular weight is 416 g/mol. The van der Waals surface area contributed by atoms with Crippen LogP contribution >= 0.6 is 0 Å². The fraction of sp³-hybridized carbons (Fsp3) is 0.136. The number of aromatic nitrogens is 3. The summed E-state index contributed by atoms with van der Waals surface area (Å²) in [5, 5.41) is 25.7. The molecule has 2 aromatic carbocycles. The van der Waals surface area contributed by atoms with Crippen LogP contribution in [0.5, 0.6) is 5.75 Å². The molecule has 0 saturated heterocycles. The summed E-state index contributed by atoms with van der Waals surface area (Å²) in [4.78, 5) is 19.5. The molecular formula is C22H20N6O3. The number of hydrogen-bond acceptors (Lipinski definition) is 7. The Kier molecular flexibility index (Phi) is 5.08. The number of nitrogens with two attached hydrogens (primary N) is 1. The molecular weight excluding hydrogens is 396 g/mol. The Morgan fingerprint density at radius 3 is 2.61 bits per heavy atom. The summed E-state index contributed by atoms with van der Waals surface area (Å²) < 4.78 is 2.10. The monoisotopic (exact) mass is 416 g/mol. The third kappa shape index (κ3) is 3.46. The molecule has 9 heteroatoms. The minimum atomic E-state index is -0.658. The van der Waals surface area contributed by atoms with Crippen LogP contribution in [0.4, 0.5) is 5.69 Å². The van der Waals surface area contributed by atoms with Gasteiger partial charge in [0.2, 0.25) is 0 Å². The third-order valence-electron chi connectivity index (χ3n) is 5.39. The number of aromatic hydroxyl groups is 1. The van der Waals surface area contributed by atoms with Gasteiger partial charge in [-0.15, -0.1) is 0 Å². The van der Waals surface area contributed by atoms with Crippen LogP contribution in [0, 0.1) is 24.0 Å². The van der Waals surface area contributed by atoms with Crippen LogP contribution in [0.2, 0.25) is 0 Å². The van der Waals surface area contributed by atoms with Gasteiger partial charge < -0.3 is 15.5 Å². The predicted molar refractivity (Wildman–Crippen MR) is 117 cm³/mol. The predicted octanol–water partition coefficient (Wildman–Crippen LogP) is 3.42. The summed E-state index contributed by atoms with van der Waals surface area (Å²) in [5.74, 6) is 5.27. The fourth-order valence-corrected chi connectivity index (χ4v) is 3.70. The number of nitro benzene ring substituents is 1. The smallest absolute Gasteiger partial charge is 0.311 e. The van der Waals surface area contributed by atoms with E-state index < -0.39 is 16.4 Å². The van der Waals surface area contributed by atoms with Gasteiger partial charge in [-0.1, -0.05) is 30.3 Å². The second-order valence-electron chi connectivity index (χ2n) is 7.14. The molecule has 0 bridgehead atoms. The quantitative estimate of drug-likeness (QED) is 0.222. The molecule has 0 radical (unpaired) electrons. The first-order valence-corrected chi connectivity index (χ1v) is 9.52. The van der Waals surface area contributed by atoms with Crippen LogP contribution in [0.25, 0.3) is 11.0 Å². The van der Waals surface area contributed by atoms with Crippen molar-refractivity contribution in [3.05, 3.63) is 93.1 Å². The van der Waals surface area contributed by atoms with Crippen molar-refractivity contribution < 1.29 is 10.0 Å². The molecule has 0 fully saturated rings. The second kappa shape index (κ2) is 7.86. The highest BCUT2D eigenvalue weighted by Crippen LogP contribution is 2.31. The Balaban J connectivity index is 1.90. The molecule has 0 aliphatic carbocycles. The van der Waals surface area contributed by atoms with Gasteiger partial charge in [0.25, 0.3) is 0 Å². The first kappa shape index (κ1) is 20.0. The third-order valence-corrected chi connectivity index (χ3v) is 5.39. The van der Waals surface area contributed by atoms with Crippen molar-refractivity contribution in [1.82, 2.24) is 14.5 Å². The summed E-state index contributed by atoms with van der Waals surface area (Å²) in [6.45, 7) is 4.61. The first-order chi connectivity index (χ1) is 14.9. The van der Waals surface area contributed by atoms with Gasteiger partial charge in [0.1, 0.15) is 23.4 Å². The minimum Gasteiger partial charge on any atom is -0.502 e. The Labute approximate surface area is 177 Å². The van der Waals surface area contributed by atoms with Gasteiger partial charge >= 0.3 is 5.69 Å². The van der Waals surface area contributed by atoms with E-state index in [0.29, 0.717) is 17.8 Å². The first-order valence-electron chi connectivity index (χ1n) is 9.52. The van der Waals surface area contributed by atoms with Crippen molar-refractivity contribution in [2.45, 2.75) is 20.4 Å². The summed E-state index contributed by atoms with van der Waals surface area (Å²) >= 11 is 0. The number of fused-ring (bicyclic) bond motifs is 1. The summed E-state index contributed by atoms with van der Waals surface area (Å²) in [6, 6.07) is 14.0. The normalized spacial score (nSPS) is 11.7. The number of rotatable bonds is 5. The van der Waals surface area contributed by atoms with E-state index in [1.807, 2.05) is 44.2 Å². The number of nitro groups is 1. The molecule has 9 nitrogen and oxygen atoms in total. The SMILES string of the molecule is Cc1c(C)n(Cc2ccccc2)c2ncnc(C(=NN)c3ccc(O)c([N+](=O)[O-])c3)c12. The van der Waals surface area contributed by atoms with E-state index in [2.05, 4.69) is 19.6 Å². The molecule has 0 aliphatic rings. The summed E-state index contributed by atoms with van der Waals surface area (Å²) in [5.41, 5.74) is 4.53. The fourth-order valence-electron chi connectivity index (χ4n) is 3.70. The van der Waals surface area contributed by atoms with Crippen molar-refractivity contribution in [1.29, 1.82) is 0 Å². The number of phenolic OH excluding ortho intramolecular Hbond substituents is 1. The number of benzene rings is 2. The van der Waals surface area contributed by atoms with Gasteiger partial charge in [-0.3, -0.25) is 10.1 Å². The molecule has 0 saturated carbocycles. The zero-order valence-electron chi connectivity index (χ0n) is 17.0. The van der Waals surface area contributed by atoms with Gasteiger partial charge in [-0.25, -0.2) is 9.97 Å². The van der Waals surface area contributed by atoms with Crippen LogP contribution in [0.15, 0.2) is 60.0 Å². The second-order valence-corrected chi connectivity index (χ2v) is 7.14. The molecule has 4 aromatic rings. The molecule has 2 heterocycles.